The average Bonchev–Trinajstić information content (AvgIpc) is 3.16. The maximum atomic E-state index is 5.46. The number of nitrogens with zero attached hydrogens (tertiary/aromatic N) is 2. The van der Waals surface area contributed by atoms with Gasteiger partial charge in [0.15, 0.2) is 0 Å². The van der Waals surface area contributed by atoms with Crippen molar-refractivity contribution in [1.82, 2.24) is 9.55 Å². The van der Waals surface area contributed by atoms with Crippen molar-refractivity contribution in [2.45, 2.75) is 25.8 Å². The SMILES string of the molecule is c1cc2c(c(-c3cncn3CC3CCOCC3)c1)NCC2. The molecule has 0 aliphatic carbocycles. The Hall–Kier alpha value is -1.81. The third-order valence-electron chi connectivity index (χ3n) is 4.63. The topological polar surface area (TPSA) is 39.1 Å². The summed E-state index contributed by atoms with van der Waals surface area (Å²) in [5.74, 6) is 0.705. The number of hydrogen-bond donors (Lipinski definition) is 1. The summed E-state index contributed by atoms with van der Waals surface area (Å²) in [6.07, 6.45) is 7.40. The van der Waals surface area contributed by atoms with Gasteiger partial charge in [-0.25, -0.2) is 4.98 Å². The molecule has 4 rings (SSSR count). The van der Waals surface area contributed by atoms with Crippen molar-refractivity contribution >= 4 is 5.69 Å². The van der Waals surface area contributed by atoms with Crippen LogP contribution in [-0.4, -0.2) is 29.3 Å². The summed E-state index contributed by atoms with van der Waals surface area (Å²) >= 11 is 0. The lowest BCUT2D eigenvalue weighted by molar-refractivity contribution is 0.0614. The third-order valence-corrected chi connectivity index (χ3v) is 4.63. The van der Waals surface area contributed by atoms with E-state index in [0.717, 1.165) is 45.6 Å². The molecule has 2 aromatic rings. The van der Waals surface area contributed by atoms with Gasteiger partial charge in [-0.2, -0.15) is 0 Å². The van der Waals surface area contributed by atoms with E-state index < -0.39 is 0 Å². The number of hydrogen-bond acceptors (Lipinski definition) is 3. The van der Waals surface area contributed by atoms with E-state index in [1.54, 1.807) is 0 Å². The lowest BCUT2D eigenvalue weighted by Gasteiger charge is -2.23. The molecule has 1 fully saturated rings. The van der Waals surface area contributed by atoms with Crippen LogP contribution < -0.4 is 5.32 Å². The minimum atomic E-state index is 0.705. The second kappa shape index (κ2) is 5.53. The van der Waals surface area contributed by atoms with E-state index in [0.29, 0.717) is 5.92 Å². The quantitative estimate of drug-likeness (QED) is 0.941. The Labute approximate surface area is 125 Å². The Morgan fingerprint density at radius 2 is 2.19 bits per heavy atom. The molecule has 0 unspecified atom stereocenters. The summed E-state index contributed by atoms with van der Waals surface area (Å²) < 4.78 is 7.77. The molecule has 21 heavy (non-hydrogen) atoms. The second-order valence-corrected chi connectivity index (χ2v) is 6.00. The summed E-state index contributed by atoms with van der Waals surface area (Å²) in [6, 6.07) is 6.58. The molecule has 0 spiro atoms. The van der Waals surface area contributed by atoms with Crippen LogP contribution in [0.2, 0.25) is 0 Å². The molecule has 1 N–H and O–H groups in total. The highest BCUT2D eigenvalue weighted by atomic mass is 16.5. The number of fused-ring (bicyclic) bond motifs is 1. The molecule has 1 saturated heterocycles. The normalized spacial score (nSPS) is 18.5. The van der Waals surface area contributed by atoms with Gasteiger partial charge in [-0.05, 0) is 30.7 Å². The van der Waals surface area contributed by atoms with Gasteiger partial charge in [-0.3, -0.25) is 0 Å². The first-order valence-electron chi connectivity index (χ1n) is 7.86. The summed E-state index contributed by atoms with van der Waals surface area (Å²) in [5.41, 5.74) is 5.24. The van der Waals surface area contributed by atoms with Gasteiger partial charge in [-0.15, -0.1) is 0 Å². The second-order valence-electron chi connectivity index (χ2n) is 6.00. The third kappa shape index (κ3) is 2.44. The fourth-order valence-electron chi connectivity index (χ4n) is 3.45. The number of ether oxygens (including phenoxy) is 1. The van der Waals surface area contributed by atoms with E-state index >= 15 is 0 Å². The summed E-state index contributed by atoms with van der Waals surface area (Å²) in [7, 11) is 0. The van der Waals surface area contributed by atoms with E-state index in [9.17, 15) is 0 Å². The zero-order chi connectivity index (χ0) is 14.1. The van der Waals surface area contributed by atoms with Gasteiger partial charge in [-0.1, -0.05) is 18.2 Å². The van der Waals surface area contributed by atoms with Gasteiger partial charge >= 0.3 is 0 Å². The Balaban J connectivity index is 1.64. The molecule has 4 nitrogen and oxygen atoms in total. The van der Waals surface area contributed by atoms with Gasteiger partial charge in [0.25, 0.3) is 0 Å². The predicted octanol–water partition coefficient (Wildman–Crippen LogP) is 2.94. The smallest absolute Gasteiger partial charge is 0.0951 e. The molecule has 0 amide bonds. The lowest BCUT2D eigenvalue weighted by Crippen LogP contribution is -2.20. The number of anilines is 1. The van der Waals surface area contributed by atoms with E-state index in [1.807, 2.05) is 12.5 Å². The Kier molecular flexibility index (Phi) is 3.39. The van der Waals surface area contributed by atoms with Gasteiger partial charge in [0, 0.05) is 37.6 Å². The van der Waals surface area contributed by atoms with Crippen molar-refractivity contribution in [2.75, 3.05) is 25.1 Å². The van der Waals surface area contributed by atoms with E-state index in [-0.39, 0.29) is 0 Å². The van der Waals surface area contributed by atoms with Crippen LogP contribution in [0.15, 0.2) is 30.7 Å². The number of nitrogens with one attached hydrogen (secondary N) is 1. The van der Waals surface area contributed by atoms with Crippen molar-refractivity contribution < 1.29 is 4.74 Å². The number of aromatic nitrogens is 2. The van der Waals surface area contributed by atoms with Crippen LogP contribution in [0.3, 0.4) is 0 Å². The maximum absolute atomic E-state index is 5.46. The van der Waals surface area contributed by atoms with Crippen LogP contribution in [0.25, 0.3) is 11.3 Å². The van der Waals surface area contributed by atoms with Crippen LogP contribution in [0.1, 0.15) is 18.4 Å². The van der Waals surface area contributed by atoms with Crippen LogP contribution in [0.4, 0.5) is 5.69 Å². The van der Waals surface area contributed by atoms with Gasteiger partial charge in [0.05, 0.1) is 18.2 Å². The van der Waals surface area contributed by atoms with Gasteiger partial charge in [0.2, 0.25) is 0 Å². The highest BCUT2D eigenvalue weighted by Gasteiger charge is 2.19. The number of para-hydroxylation sites is 1. The van der Waals surface area contributed by atoms with Crippen molar-refractivity contribution in [3.63, 3.8) is 0 Å². The summed E-state index contributed by atoms with van der Waals surface area (Å²) in [4.78, 5) is 4.39. The van der Waals surface area contributed by atoms with Crippen LogP contribution in [0.5, 0.6) is 0 Å². The molecule has 3 heterocycles. The van der Waals surface area contributed by atoms with E-state index in [4.69, 9.17) is 4.74 Å². The minimum absolute atomic E-state index is 0.705. The van der Waals surface area contributed by atoms with Gasteiger partial charge in [0.1, 0.15) is 0 Å². The van der Waals surface area contributed by atoms with Crippen LogP contribution in [-0.2, 0) is 17.7 Å². The molecule has 2 aliphatic rings. The van der Waals surface area contributed by atoms with Crippen molar-refractivity contribution in [3.05, 3.63) is 36.3 Å². The molecular weight excluding hydrogens is 262 g/mol. The molecule has 0 radical (unpaired) electrons. The molecule has 1 aromatic heterocycles. The monoisotopic (exact) mass is 283 g/mol. The highest BCUT2D eigenvalue weighted by Crippen LogP contribution is 2.34. The number of benzene rings is 1. The van der Waals surface area contributed by atoms with E-state index in [1.165, 1.54) is 22.5 Å². The van der Waals surface area contributed by atoms with Crippen molar-refractivity contribution in [1.29, 1.82) is 0 Å². The number of imidazole rings is 1. The van der Waals surface area contributed by atoms with Crippen LogP contribution >= 0.6 is 0 Å². The minimum Gasteiger partial charge on any atom is -0.384 e. The zero-order valence-corrected chi connectivity index (χ0v) is 12.2. The standard InChI is InChI=1S/C17H21N3O/c1-2-14-4-7-19-17(14)15(3-1)16-10-18-12-20(16)11-13-5-8-21-9-6-13/h1-3,10,12-13,19H,4-9,11H2. The average molecular weight is 283 g/mol. The van der Waals surface area contributed by atoms with Crippen molar-refractivity contribution in [3.8, 4) is 11.3 Å². The number of rotatable bonds is 3. The lowest BCUT2D eigenvalue weighted by atomic mass is 9.99. The zero-order valence-electron chi connectivity index (χ0n) is 12.2. The molecule has 0 bridgehead atoms. The maximum Gasteiger partial charge on any atom is 0.0951 e. The molecule has 2 aliphatic heterocycles. The highest BCUT2D eigenvalue weighted by molar-refractivity contribution is 5.79. The van der Waals surface area contributed by atoms with Gasteiger partial charge < -0.3 is 14.6 Å². The summed E-state index contributed by atoms with van der Waals surface area (Å²) in [5, 5.41) is 3.53. The first-order valence-corrected chi connectivity index (χ1v) is 7.86. The summed E-state index contributed by atoms with van der Waals surface area (Å²) in [6.45, 7) is 3.89. The first kappa shape index (κ1) is 12.9. The Morgan fingerprint density at radius 3 is 3.10 bits per heavy atom. The molecule has 110 valence electrons. The molecule has 0 atom stereocenters. The Bertz CT molecular complexity index is 629. The van der Waals surface area contributed by atoms with Crippen LogP contribution in [0, 0.1) is 5.92 Å². The Morgan fingerprint density at radius 1 is 1.29 bits per heavy atom. The fourth-order valence-corrected chi connectivity index (χ4v) is 3.45. The molecule has 1 aromatic carbocycles. The molecule has 4 heteroatoms. The largest absolute Gasteiger partial charge is 0.384 e. The molecular formula is C17H21N3O. The molecule has 0 saturated carbocycles. The van der Waals surface area contributed by atoms with Crippen molar-refractivity contribution in [2.24, 2.45) is 5.92 Å². The van der Waals surface area contributed by atoms with E-state index in [2.05, 4.69) is 33.1 Å². The fraction of sp³-hybridized carbons (Fsp3) is 0.471. The first-order chi connectivity index (χ1) is 10.4. The predicted molar refractivity (Wildman–Crippen MR) is 83.4 cm³/mol.